The third kappa shape index (κ3) is 2.54. The molecule has 0 aliphatic carbocycles. The molecule has 1 aliphatic rings. The molecule has 2 heterocycles. The second-order valence-electron chi connectivity index (χ2n) is 5.07. The first-order valence-electron chi connectivity index (χ1n) is 6.62. The Labute approximate surface area is 122 Å². The maximum atomic E-state index is 6.18. The van der Waals surface area contributed by atoms with Gasteiger partial charge in [0.05, 0.1) is 18.9 Å². The predicted octanol–water partition coefficient (Wildman–Crippen LogP) is 2.92. The van der Waals surface area contributed by atoms with Gasteiger partial charge in [0.2, 0.25) is 0 Å². The van der Waals surface area contributed by atoms with E-state index >= 15 is 0 Å². The molecule has 1 aromatic heterocycles. The topological polar surface area (TPSA) is 60.4 Å². The number of fused-ring (bicyclic) bond motifs is 1. The third-order valence-electron chi connectivity index (χ3n) is 3.60. The van der Waals surface area contributed by atoms with Crippen molar-refractivity contribution in [1.29, 1.82) is 0 Å². The van der Waals surface area contributed by atoms with Gasteiger partial charge in [-0.05, 0) is 42.7 Å². The summed E-state index contributed by atoms with van der Waals surface area (Å²) in [4.78, 5) is 0. The van der Waals surface area contributed by atoms with Gasteiger partial charge in [0.1, 0.15) is 11.5 Å². The molecular formula is C15H17ClN2O2. The molecule has 2 aromatic rings. The number of nitrogens with one attached hydrogen (secondary N) is 1. The van der Waals surface area contributed by atoms with E-state index in [1.807, 2.05) is 25.1 Å². The van der Waals surface area contributed by atoms with Gasteiger partial charge in [-0.25, -0.2) is 0 Å². The summed E-state index contributed by atoms with van der Waals surface area (Å²) in [7, 11) is 0. The van der Waals surface area contributed by atoms with Gasteiger partial charge >= 0.3 is 0 Å². The molecule has 0 radical (unpaired) electrons. The summed E-state index contributed by atoms with van der Waals surface area (Å²) in [5.74, 6) is 7.50. The van der Waals surface area contributed by atoms with E-state index in [9.17, 15) is 0 Å². The van der Waals surface area contributed by atoms with Gasteiger partial charge in [0.25, 0.3) is 0 Å². The minimum Gasteiger partial charge on any atom is -0.493 e. The van der Waals surface area contributed by atoms with Gasteiger partial charge in [-0.1, -0.05) is 11.6 Å². The number of hydrogen-bond acceptors (Lipinski definition) is 4. The molecule has 1 atom stereocenters. The minimum atomic E-state index is -0.0285. The molecule has 5 heteroatoms. The zero-order chi connectivity index (χ0) is 14.1. The third-order valence-corrected chi connectivity index (χ3v) is 3.82. The molecule has 0 saturated heterocycles. The Morgan fingerprint density at radius 3 is 2.95 bits per heavy atom. The summed E-state index contributed by atoms with van der Waals surface area (Å²) in [5.41, 5.74) is 6.11. The van der Waals surface area contributed by atoms with E-state index in [0.29, 0.717) is 13.0 Å². The monoisotopic (exact) mass is 292 g/mol. The van der Waals surface area contributed by atoms with Crippen molar-refractivity contribution in [2.75, 3.05) is 6.61 Å². The van der Waals surface area contributed by atoms with Crippen molar-refractivity contribution in [3.63, 3.8) is 0 Å². The minimum absolute atomic E-state index is 0.0285. The Kier molecular flexibility index (Phi) is 3.70. The molecule has 1 aromatic carbocycles. The van der Waals surface area contributed by atoms with Crippen LogP contribution in [-0.4, -0.2) is 6.61 Å². The van der Waals surface area contributed by atoms with Crippen LogP contribution in [0.5, 0.6) is 5.75 Å². The molecule has 0 bridgehead atoms. The van der Waals surface area contributed by atoms with Crippen LogP contribution in [0.2, 0.25) is 5.02 Å². The molecule has 1 aliphatic heterocycles. The van der Waals surface area contributed by atoms with Crippen LogP contribution in [0.15, 0.2) is 28.9 Å². The summed E-state index contributed by atoms with van der Waals surface area (Å²) >= 11 is 6.18. The number of furan rings is 1. The second kappa shape index (κ2) is 5.48. The van der Waals surface area contributed by atoms with E-state index in [1.54, 1.807) is 6.26 Å². The van der Waals surface area contributed by atoms with Crippen molar-refractivity contribution in [2.45, 2.75) is 25.8 Å². The zero-order valence-electron chi connectivity index (χ0n) is 11.3. The van der Waals surface area contributed by atoms with E-state index in [-0.39, 0.29) is 6.04 Å². The lowest BCUT2D eigenvalue weighted by atomic mass is 9.98. The second-order valence-corrected chi connectivity index (χ2v) is 5.50. The number of aryl methyl sites for hydroxylation is 1. The van der Waals surface area contributed by atoms with Crippen molar-refractivity contribution >= 4 is 11.6 Å². The van der Waals surface area contributed by atoms with Crippen molar-refractivity contribution in [3.8, 4) is 5.75 Å². The molecule has 3 rings (SSSR count). The summed E-state index contributed by atoms with van der Waals surface area (Å²) in [6, 6.07) is 5.87. The van der Waals surface area contributed by atoms with Gasteiger partial charge in [-0.15, -0.1) is 0 Å². The van der Waals surface area contributed by atoms with Crippen LogP contribution in [-0.2, 0) is 12.8 Å². The highest BCUT2D eigenvalue weighted by Crippen LogP contribution is 2.35. The Morgan fingerprint density at radius 1 is 1.40 bits per heavy atom. The molecule has 20 heavy (non-hydrogen) atoms. The molecule has 0 amide bonds. The van der Waals surface area contributed by atoms with Crippen LogP contribution < -0.4 is 16.0 Å². The average Bonchev–Trinajstić information content (AvgIpc) is 3.04. The molecule has 4 nitrogen and oxygen atoms in total. The fourth-order valence-electron chi connectivity index (χ4n) is 2.64. The molecule has 0 spiro atoms. The number of nitrogens with two attached hydrogens (primary N) is 1. The van der Waals surface area contributed by atoms with Crippen LogP contribution in [0.3, 0.4) is 0 Å². The van der Waals surface area contributed by atoms with Gasteiger partial charge in [-0.2, -0.15) is 0 Å². The lowest BCUT2D eigenvalue weighted by molar-refractivity contribution is 0.351. The first-order chi connectivity index (χ1) is 9.67. The largest absolute Gasteiger partial charge is 0.493 e. The van der Waals surface area contributed by atoms with Crippen LogP contribution in [0.4, 0.5) is 0 Å². The maximum absolute atomic E-state index is 6.18. The van der Waals surface area contributed by atoms with E-state index in [0.717, 1.165) is 34.1 Å². The van der Waals surface area contributed by atoms with Crippen molar-refractivity contribution in [2.24, 2.45) is 5.84 Å². The first-order valence-corrected chi connectivity index (χ1v) is 7.00. The summed E-state index contributed by atoms with van der Waals surface area (Å²) < 4.78 is 11.1. The molecule has 3 N–H and O–H groups in total. The number of rotatable bonds is 4. The highest BCUT2D eigenvalue weighted by Gasteiger charge is 2.21. The Balaban J connectivity index is 1.90. The van der Waals surface area contributed by atoms with Crippen LogP contribution in [0.25, 0.3) is 0 Å². The normalized spacial score (nSPS) is 14.9. The van der Waals surface area contributed by atoms with E-state index in [4.69, 9.17) is 26.6 Å². The van der Waals surface area contributed by atoms with Gasteiger partial charge < -0.3 is 9.15 Å². The first kappa shape index (κ1) is 13.5. The van der Waals surface area contributed by atoms with Crippen molar-refractivity contribution in [3.05, 3.63) is 51.9 Å². The highest BCUT2D eigenvalue weighted by molar-refractivity contribution is 6.30. The number of hydrogen-bond donors (Lipinski definition) is 2. The Bertz CT molecular complexity index is 624. The van der Waals surface area contributed by atoms with Gasteiger partial charge in [0, 0.05) is 17.0 Å². The van der Waals surface area contributed by atoms with Crippen molar-refractivity contribution in [1.82, 2.24) is 5.43 Å². The fraction of sp³-hybridized carbons (Fsp3) is 0.333. The number of hydrazine groups is 1. The predicted molar refractivity (Wildman–Crippen MR) is 77.9 cm³/mol. The lowest BCUT2D eigenvalue weighted by Crippen LogP contribution is -2.29. The van der Waals surface area contributed by atoms with E-state index < -0.39 is 0 Å². The van der Waals surface area contributed by atoms with Crippen molar-refractivity contribution < 1.29 is 9.15 Å². The zero-order valence-corrected chi connectivity index (χ0v) is 12.0. The summed E-state index contributed by atoms with van der Waals surface area (Å²) in [6.45, 7) is 2.63. The lowest BCUT2D eigenvalue weighted by Gasteiger charge is -2.16. The van der Waals surface area contributed by atoms with Crippen LogP contribution in [0, 0.1) is 6.92 Å². The highest BCUT2D eigenvalue weighted by atomic mass is 35.5. The van der Waals surface area contributed by atoms with Gasteiger partial charge in [0.15, 0.2) is 0 Å². The van der Waals surface area contributed by atoms with Gasteiger partial charge in [-0.3, -0.25) is 11.3 Å². The SMILES string of the molecule is Cc1cc(C(Cc2cc(Cl)cc3c2OCC3)NN)co1. The number of halogens is 1. The summed E-state index contributed by atoms with van der Waals surface area (Å²) in [6.07, 6.45) is 3.35. The number of ether oxygens (including phenoxy) is 1. The van der Waals surface area contributed by atoms with Crippen LogP contribution >= 0.6 is 11.6 Å². The smallest absolute Gasteiger partial charge is 0.125 e. The van der Waals surface area contributed by atoms with E-state index in [2.05, 4.69) is 5.43 Å². The molecule has 0 saturated carbocycles. The van der Waals surface area contributed by atoms with Crippen LogP contribution in [0.1, 0.15) is 28.5 Å². The quantitative estimate of drug-likeness (QED) is 0.672. The molecule has 1 unspecified atom stereocenters. The molecule has 0 fully saturated rings. The maximum Gasteiger partial charge on any atom is 0.125 e. The summed E-state index contributed by atoms with van der Waals surface area (Å²) in [5, 5.41) is 0.739. The molecular weight excluding hydrogens is 276 g/mol. The fourth-order valence-corrected chi connectivity index (χ4v) is 2.90. The Hall–Kier alpha value is -1.49. The van der Waals surface area contributed by atoms with E-state index in [1.165, 1.54) is 5.56 Å². The average molecular weight is 293 g/mol. The number of benzene rings is 1. The standard InChI is InChI=1S/C15H17ClN2O2/c1-9-4-12(8-20-9)14(18-17)7-11-6-13(16)5-10-2-3-19-15(10)11/h4-6,8,14,18H,2-3,7,17H2,1H3. The Morgan fingerprint density at radius 2 is 2.25 bits per heavy atom. The molecule has 106 valence electrons.